The lowest BCUT2D eigenvalue weighted by molar-refractivity contribution is -0.142. The average Bonchev–Trinajstić information content (AvgIpc) is 3.58. The lowest BCUT2D eigenvalue weighted by Crippen LogP contribution is -2.60. The van der Waals surface area contributed by atoms with E-state index in [-0.39, 0.29) is 37.2 Å². The Hall–Kier alpha value is -4.03. The Morgan fingerprint density at radius 2 is 1.35 bits per heavy atom. The summed E-state index contributed by atoms with van der Waals surface area (Å²) in [7, 11) is 0. The zero-order chi connectivity index (χ0) is 37.1. The molecule has 7 atom stereocenters. The molecule has 1 heterocycles. The van der Waals surface area contributed by atoms with Crippen LogP contribution in [0.1, 0.15) is 79.1 Å². The van der Waals surface area contributed by atoms with Crippen LogP contribution in [0.5, 0.6) is 0 Å². The van der Waals surface area contributed by atoms with Crippen molar-refractivity contribution < 1.29 is 39.0 Å². The number of aliphatic hydroxyl groups excluding tert-OH is 2. The predicted molar refractivity (Wildman–Crippen MR) is 182 cm³/mol. The van der Waals surface area contributed by atoms with Crippen LogP contribution in [-0.4, -0.2) is 126 Å². The van der Waals surface area contributed by atoms with Gasteiger partial charge in [0.15, 0.2) is 5.96 Å². The monoisotopic (exact) mass is 698 g/mol. The van der Waals surface area contributed by atoms with Crippen molar-refractivity contribution in [1.29, 1.82) is 0 Å². The zero-order valence-electron chi connectivity index (χ0n) is 29.2. The van der Waals surface area contributed by atoms with Crippen molar-refractivity contribution in [2.45, 2.75) is 115 Å². The second-order valence-electron chi connectivity index (χ2n) is 12.2. The highest BCUT2D eigenvalue weighted by atomic mass is 16.3. The van der Waals surface area contributed by atoms with Gasteiger partial charge in [-0.05, 0) is 44.9 Å². The largest absolute Gasteiger partial charge is 0.394 e. The molecule has 1 saturated heterocycles. The van der Waals surface area contributed by atoms with Gasteiger partial charge in [0.1, 0.15) is 30.2 Å². The molecule has 0 saturated carbocycles. The Morgan fingerprint density at radius 1 is 0.816 bits per heavy atom. The first-order valence-corrected chi connectivity index (χ1v) is 17.1. The van der Waals surface area contributed by atoms with E-state index in [1.807, 2.05) is 13.8 Å². The quantitative estimate of drug-likeness (QED) is 0.0303. The summed E-state index contributed by atoms with van der Waals surface area (Å²) in [6, 6.07) is -6.85. The number of amides is 6. The number of nitrogens with zero attached hydrogens (tertiary/aromatic N) is 2. The molecule has 280 valence electrons. The van der Waals surface area contributed by atoms with Gasteiger partial charge < -0.3 is 58.9 Å². The number of hydrogen-bond donors (Lipinski definition) is 10. The van der Waals surface area contributed by atoms with Crippen LogP contribution in [-0.2, 0) is 28.8 Å². The van der Waals surface area contributed by atoms with Crippen molar-refractivity contribution in [1.82, 2.24) is 31.5 Å². The Balaban J connectivity index is 3.12. The third-order valence-corrected chi connectivity index (χ3v) is 8.42. The van der Waals surface area contributed by atoms with Gasteiger partial charge in [0.25, 0.3) is 0 Å². The SMILES string of the molecule is CCCC[C@H](NC(=O)[C@H](CO)NC(=O)[C@H](CO)NC(=O)C(N)[C@@H](C)CC)C(=O)N[C@@H](CCCN=C(N)N)C(=O)N1CCC[C@H]1C(=O)NCC. The van der Waals surface area contributed by atoms with Gasteiger partial charge in [-0.2, -0.15) is 0 Å². The fourth-order valence-corrected chi connectivity index (χ4v) is 5.22. The maximum Gasteiger partial charge on any atom is 0.245 e. The van der Waals surface area contributed by atoms with E-state index >= 15 is 0 Å². The third kappa shape index (κ3) is 14.2. The van der Waals surface area contributed by atoms with Crippen molar-refractivity contribution in [3.05, 3.63) is 0 Å². The number of guanidine groups is 1. The first kappa shape index (κ1) is 43.0. The lowest BCUT2D eigenvalue weighted by atomic mass is 9.99. The van der Waals surface area contributed by atoms with Gasteiger partial charge in [-0.25, -0.2) is 0 Å². The second-order valence-corrected chi connectivity index (χ2v) is 12.2. The Kier molecular flexibility index (Phi) is 19.8. The summed E-state index contributed by atoms with van der Waals surface area (Å²) < 4.78 is 0. The molecule has 1 aliphatic heterocycles. The maximum atomic E-state index is 13.7. The van der Waals surface area contributed by atoms with E-state index in [9.17, 15) is 39.0 Å². The summed E-state index contributed by atoms with van der Waals surface area (Å²) >= 11 is 0. The molecule has 0 aromatic carbocycles. The lowest BCUT2D eigenvalue weighted by Gasteiger charge is -2.30. The van der Waals surface area contributed by atoms with Gasteiger partial charge in [0.05, 0.1) is 19.3 Å². The number of hydrogen-bond acceptors (Lipinski definition) is 10. The molecular formula is C31H58N10O8. The highest BCUT2D eigenvalue weighted by Gasteiger charge is 2.38. The van der Waals surface area contributed by atoms with Crippen molar-refractivity contribution in [2.24, 2.45) is 28.1 Å². The summed E-state index contributed by atoms with van der Waals surface area (Å²) in [6.07, 6.45) is 3.49. The summed E-state index contributed by atoms with van der Waals surface area (Å²) in [5.41, 5.74) is 16.8. The van der Waals surface area contributed by atoms with E-state index in [1.165, 1.54) is 4.90 Å². The standard InChI is InChI=1S/C31H58N10O8/c1-5-8-11-19(37-26(45)21(16-42)39-27(46)22(17-43)40-29(48)24(32)18(4)6-2)25(44)38-20(12-9-14-36-31(33)34)30(49)41-15-10-13-23(41)28(47)35-7-3/h18-24,42-43H,5-17,32H2,1-4H3,(H,35,47)(H,37,45)(H,38,44)(H,39,46)(H,40,48)(H4,33,34,36)/t18-,19-,20-,21-,22-,23-,24?/m0/s1. The first-order valence-electron chi connectivity index (χ1n) is 17.1. The maximum absolute atomic E-state index is 13.7. The Labute approximate surface area is 288 Å². The van der Waals surface area contributed by atoms with E-state index in [4.69, 9.17) is 17.2 Å². The van der Waals surface area contributed by atoms with Crippen LogP contribution in [0, 0.1) is 5.92 Å². The number of carbonyl (C=O) groups is 6. The minimum Gasteiger partial charge on any atom is -0.394 e. The molecule has 13 N–H and O–H groups in total. The number of rotatable bonds is 22. The number of likely N-dealkylation sites (N-methyl/N-ethyl adjacent to an activating group) is 1. The smallest absolute Gasteiger partial charge is 0.245 e. The summed E-state index contributed by atoms with van der Waals surface area (Å²) in [5, 5.41) is 32.3. The van der Waals surface area contributed by atoms with Crippen molar-refractivity contribution >= 4 is 41.4 Å². The van der Waals surface area contributed by atoms with Crippen LogP contribution in [0.4, 0.5) is 0 Å². The molecular weight excluding hydrogens is 640 g/mol. The molecule has 1 fully saturated rings. The van der Waals surface area contributed by atoms with Gasteiger partial charge in [-0.1, -0.05) is 40.0 Å². The fraction of sp³-hybridized carbons (Fsp3) is 0.774. The average molecular weight is 699 g/mol. The predicted octanol–water partition coefficient (Wildman–Crippen LogP) is -3.35. The normalized spacial score (nSPS) is 17.8. The molecule has 1 aliphatic rings. The van der Waals surface area contributed by atoms with Crippen LogP contribution < -0.4 is 43.8 Å². The third-order valence-electron chi connectivity index (χ3n) is 8.42. The molecule has 0 spiro atoms. The van der Waals surface area contributed by atoms with Crippen LogP contribution in [0.15, 0.2) is 4.99 Å². The van der Waals surface area contributed by atoms with Crippen LogP contribution in [0.25, 0.3) is 0 Å². The van der Waals surface area contributed by atoms with Crippen LogP contribution >= 0.6 is 0 Å². The Bertz CT molecular complexity index is 1140. The van der Waals surface area contributed by atoms with E-state index in [0.717, 1.165) is 0 Å². The summed E-state index contributed by atoms with van der Waals surface area (Å²) in [6.45, 7) is 6.51. The topological polar surface area (TPSA) is 297 Å². The zero-order valence-corrected chi connectivity index (χ0v) is 29.2. The molecule has 49 heavy (non-hydrogen) atoms. The summed E-state index contributed by atoms with van der Waals surface area (Å²) in [4.78, 5) is 84.0. The van der Waals surface area contributed by atoms with Gasteiger partial charge in [0.2, 0.25) is 35.4 Å². The van der Waals surface area contributed by atoms with Gasteiger partial charge in [-0.15, -0.1) is 0 Å². The van der Waals surface area contributed by atoms with Crippen LogP contribution in [0.2, 0.25) is 0 Å². The van der Waals surface area contributed by atoms with Crippen LogP contribution in [0.3, 0.4) is 0 Å². The molecule has 0 radical (unpaired) electrons. The fourth-order valence-electron chi connectivity index (χ4n) is 5.22. The molecule has 0 aliphatic carbocycles. The van der Waals surface area contributed by atoms with Crippen molar-refractivity contribution in [2.75, 3.05) is 32.8 Å². The van der Waals surface area contributed by atoms with E-state index in [0.29, 0.717) is 51.6 Å². The highest BCUT2D eigenvalue weighted by Crippen LogP contribution is 2.20. The Morgan fingerprint density at radius 3 is 1.88 bits per heavy atom. The van der Waals surface area contributed by atoms with E-state index < -0.39 is 79.0 Å². The number of aliphatic imine (C=N–C) groups is 1. The molecule has 1 rings (SSSR count). The molecule has 0 bridgehead atoms. The number of nitrogens with two attached hydrogens (primary N) is 3. The number of unbranched alkanes of at least 4 members (excludes halogenated alkanes) is 1. The minimum absolute atomic E-state index is 0.127. The number of aliphatic hydroxyl groups is 2. The van der Waals surface area contributed by atoms with E-state index in [2.05, 4.69) is 31.6 Å². The number of likely N-dealkylation sites (tertiary alicyclic amines) is 1. The van der Waals surface area contributed by atoms with Gasteiger partial charge in [-0.3, -0.25) is 33.8 Å². The molecule has 0 aromatic heterocycles. The molecule has 6 amide bonds. The number of carbonyl (C=O) groups excluding carboxylic acids is 6. The molecule has 1 unspecified atom stereocenters. The number of nitrogens with one attached hydrogen (secondary N) is 5. The van der Waals surface area contributed by atoms with Crippen molar-refractivity contribution in [3.8, 4) is 0 Å². The molecule has 0 aromatic rings. The van der Waals surface area contributed by atoms with Gasteiger partial charge in [0, 0.05) is 19.6 Å². The second kappa shape index (κ2) is 22.6. The van der Waals surface area contributed by atoms with Crippen molar-refractivity contribution in [3.63, 3.8) is 0 Å². The molecule has 18 nitrogen and oxygen atoms in total. The summed E-state index contributed by atoms with van der Waals surface area (Å²) in [5.74, 6) is -4.28. The first-order chi connectivity index (χ1) is 23.2. The minimum atomic E-state index is -1.54. The highest BCUT2D eigenvalue weighted by molar-refractivity contribution is 5.96. The van der Waals surface area contributed by atoms with Gasteiger partial charge >= 0.3 is 0 Å². The molecule has 18 heteroatoms. The van der Waals surface area contributed by atoms with E-state index in [1.54, 1.807) is 13.8 Å².